The van der Waals surface area contributed by atoms with E-state index < -0.39 is 10.0 Å². The maximum absolute atomic E-state index is 12.1. The summed E-state index contributed by atoms with van der Waals surface area (Å²) in [6, 6.07) is 15.3. The summed E-state index contributed by atoms with van der Waals surface area (Å²) < 4.78 is 26.6. The number of nitrogens with one attached hydrogen (secondary N) is 1. The number of hydrogen-bond donors (Lipinski definition) is 2. The topological polar surface area (TPSA) is 72.2 Å². The molecule has 0 unspecified atom stereocenters. The fourth-order valence-corrected chi connectivity index (χ4v) is 2.58. The van der Waals surface area contributed by atoms with E-state index in [-0.39, 0.29) is 4.90 Å². The van der Waals surface area contributed by atoms with Crippen LogP contribution in [0, 0.1) is 0 Å². The van der Waals surface area contributed by atoms with Crippen molar-refractivity contribution in [1.29, 1.82) is 0 Å². The van der Waals surface area contributed by atoms with Gasteiger partial charge in [0.2, 0.25) is 0 Å². The summed E-state index contributed by atoms with van der Waals surface area (Å²) in [4.78, 5) is 0.226. The Morgan fingerprint density at radius 3 is 2.11 bits per heavy atom. The molecular formula is C13H14N2O2S. The zero-order valence-corrected chi connectivity index (χ0v) is 10.5. The third-order valence-electron chi connectivity index (χ3n) is 2.50. The summed E-state index contributed by atoms with van der Waals surface area (Å²) >= 11 is 0. The Kier molecular flexibility index (Phi) is 3.64. The second-order valence-electron chi connectivity index (χ2n) is 3.82. The van der Waals surface area contributed by atoms with Crippen molar-refractivity contribution in [2.24, 2.45) is 5.73 Å². The van der Waals surface area contributed by atoms with E-state index in [0.29, 0.717) is 12.2 Å². The molecule has 0 amide bonds. The molecule has 18 heavy (non-hydrogen) atoms. The third kappa shape index (κ3) is 2.88. The lowest BCUT2D eigenvalue weighted by Gasteiger charge is -2.08. The lowest BCUT2D eigenvalue weighted by Crippen LogP contribution is -2.12. The van der Waals surface area contributed by atoms with E-state index in [0.717, 1.165) is 5.56 Å². The SMILES string of the molecule is NCc1ccc(S(=O)(=O)Nc2ccccc2)cc1. The van der Waals surface area contributed by atoms with Gasteiger partial charge in [0.25, 0.3) is 10.0 Å². The molecule has 0 radical (unpaired) electrons. The quantitative estimate of drug-likeness (QED) is 0.884. The molecule has 0 aliphatic carbocycles. The molecule has 2 rings (SSSR count). The van der Waals surface area contributed by atoms with Crippen LogP contribution in [0.3, 0.4) is 0 Å². The second kappa shape index (κ2) is 5.20. The highest BCUT2D eigenvalue weighted by Crippen LogP contribution is 2.15. The van der Waals surface area contributed by atoms with Crippen molar-refractivity contribution < 1.29 is 8.42 Å². The lowest BCUT2D eigenvalue weighted by atomic mass is 10.2. The van der Waals surface area contributed by atoms with Crippen molar-refractivity contribution in [3.8, 4) is 0 Å². The van der Waals surface area contributed by atoms with E-state index in [1.807, 2.05) is 6.07 Å². The van der Waals surface area contributed by atoms with Gasteiger partial charge in [0.1, 0.15) is 0 Å². The summed E-state index contributed by atoms with van der Waals surface area (Å²) in [6.07, 6.45) is 0. The van der Waals surface area contributed by atoms with Gasteiger partial charge < -0.3 is 5.73 Å². The van der Waals surface area contributed by atoms with E-state index in [1.54, 1.807) is 48.5 Å². The molecule has 94 valence electrons. The van der Waals surface area contributed by atoms with Crippen molar-refractivity contribution in [3.63, 3.8) is 0 Å². The first-order valence-electron chi connectivity index (χ1n) is 5.49. The minimum absolute atomic E-state index is 0.226. The number of benzene rings is 2. The van der Waals surface area contributed by atoms with Gasteiger partial charge in [-0.2, -0.15) is 0 Å². The molecule has 0 aliphatic rings. The van der Waals surface area contributed by atoms with Gasteiger partial charge in [0.05, 0.1) is 4.90 Å². The highest BCUT2D eigenvalue weighted by Gasteiger charge is 2.13. The Hall–Kier alpha value is -1.85. The van der Waals surface area contributed by atoms with Crippen molar-refractivity contribution in [2.75, 3.05) is 4.72 Å². The fourth-order valence-electron chi connectivity index (χ4n) is 1.52. The molecule has 0 saturated heterocycles. The standard InChI is InChI=1S/C13H14N2O2S/c14-10-11-6-8-13(9-7-11)18(16,17)15-12-4-2-1-3-5-12/h1-9,15H,10,14H2. The molecule has 0 fully saturated rings. The zero-order chi connectivity index (χ0) is 13.0. The lowest BCUT2D eigenvalue weighted by molar-refractivity contribution is 0.601. The molecule has 0 spiro atoms. The Morgan fingerprint density at radius 2 is 1.56 bits per heavy atom. The van der Waals surface area contributed by atoms with Crippen LogP contribution in [0.25, 0.3) is 0 Å². The fraction of sp³-hybridized carbons (Fsp3) is 0.0769. The first-order chi connectivity index (χ1) is 8.62. The van der Waals surface area contributed by atoms with Crippen molar-refractivity contribution in [3.05, 3.63) is 60.2 Å². The highest BCUT2D eigenvalue weighted by atomic mass is 32.2. The first-order valence-corrected chi connectivity index (χ1v) is 6.97. The molecule has 0 atom stereocenters. The van der Waals surface area contributed by atoms with Gasteiger partial charge in [-0.3, -0.25) is 4.72 Å². The minimum Gasteiger partial charge on any atom is -0.326 e. The van der Waals surface area contributed by atoms with Crippen LogP contribution in [0.4, 0.5) is 5.69 Å². The summed E-state index contributed by atoms with van der Waals surface area (Å²) in [7, 11) is -3.53. The summed E-state index contributed by atoms with van der Waals surface area (Å²) in [5.74, 6) is 0. The molecule has 2 aromatic rings. The van der Waals surface area contributed by atoms with Gasteiger partial charge in [-0.1, -0.05) is 30.3 Å². The molecule has 4 nitrogen and oxygen atoms in total. The van der Waals surface area contributed by atoms with Crippen LogP contribution in [0.5, 0.6) is 0 Å². The molecule has 0 aromatic heterocycles. The van der Waals surface area contributed by atoms with Crippen LogP contribution in [0.2, 0.25) is 0 Å². The van der Waals surface area contributed by atoms with Gasteiger partial charge in [-0.25, -0.2) is 8.42 Å². The highest BCUT2D eigenvalue weighted by molar-refractivity contribution is 7.92. The number of anilines is 1. The number of sulfonamides is 1. The average Bonchev–Trinajstić information content (AvgIpc) is 2.39. The van der Waals surface area contributed by atoms with Gasteiger partial charge in [0.15, 0.2) is 0 Å². The molecule has 2 aromatic carbocycles. The van der Waals surface area contributed by atoms with Crippen LogP contribution in [-0.2, 0) is 16.6 Å². The molecule has 3 N–H and O–H groups in total. The van der Waals surface area contributed by atoms with E-state index >= 15 is 0 Å². The summed E-state index contributed by atoms with van der Waals surface area (Å²) in [6.45, 7) is 0.395. The van der Waals surface area contributed by atoms with E-state index in [1.165, 1.54) is 0 Å². The molecule has 0 bridgehead atoms. The molecular weight excluding hydrogens is 248 g/mol. The molecule has 0 aliphatic heterocycles. The maximum Gasteiger partial charge on any atom is 0.261 e. The third-order valence-corrected chi connectivity index (χ3v) is 3.89. The summed E-state index contributed by atoms with van der Waals surface area (Å²) in [5.41, 5.74) is 6.91. The van der Waals surface area contributed by atoms with Gasteiger partial charge in [-0.05, 0) is 29.8 Å². The van der Waals surface area contributed by atoms with Gasteiger partial charge in [-0.15, -0.1) is 0 Å². The zero-order valence-electron chi connectivity index (χ0n) is 9.71. The smallest absolute Gasteiger partial charge is 0.261 e. The van der Waals surface area contributed by atoms with Gasteiger partial charge in [0, 0.05) is 12.2 Å². The van der Waals surface area contributed by atoms with Crippen LogP contribution in [0.15, 0.2) is 59.5 Å². The first kappa shape index (κ1) is 12.6. The van der Waals surface area contributed by atoms with Crippen LogP contribution >= 0.6 is 0 Å². The molecule has 5 heteroatoms. The van der Waals surface area contributed by atoms with E-state index in [4.69, 9.17) is 5.73 Å². The van der Waals surface area contributed by atoms with Gasteiger partial charge >= 0.3 is 0 Å². The second-order valence-corrected chi connectivity index (χ2v) is 5.50. The normalized spacial score (nSPS) is 11.2. The summed E-state index contributed by atoms with van der Waals surface area (Å²) in [5, 5.41) is 0. The Balaban J connectivity index is 2.25. The largest absolute Gasteiger partial charge is 0.326 e. The number of hydrogen-bond acceptors (Lipinski definition) is 3. The monoisotopic (exact) mass is 262 g/mol. The van der Waals surface area contributed by atoms with E-state index in [9.17, 15) is 8.42 Å². The van der Waals surface area contributed by atoms with E-state index in [2.05, 4.69) is 4.72 Å². The van der Waals surface area contributed by atoms with Crippen LogP contribution < -0.4 is 10.5 Å². The molecule has 0 heterocycles. The van der Waals surface area contributed by atoms with Crippen molar-refractivity contribution in [2.45, 2.75) is 11.4 Å². The predicted octanol–water partition coefficient (Wildman–Crippen LogP) is 1.95. The Labute approximate surface area is 107 Å². The maximum atomic E-state index is 12.1. The Morgan fingerprint density at radius 1 is 0.944 bits per heavy atom. The van der Waals surface area contributed by atoms with Crippen LogP contribution in [-0.4, -0.2) is 8.42 Å². The average molecular weight is 262 g/mol. The van der Waals surface area contributed by atoms with Crippen molar-refractivity contribution in [1.82, 2.24) is 0 Å². The number of rotatable bonds is 4. The number of nitrogens with two attached hydrogens (primary N) is 1. The minimum atomic E-state index is -3.53. The Bertz CT molecular complexity index is 607. The van der Waals surface area contributed by atoms with Crippen molar-refractivity contribution >= 4 is 15.7 Å². The predicted molar refractivity (Wildman–Crippen MR) is 71.6 cm³/mol. The van der Waals surface area contributed by atoms with Crippen LogP contribution in [0.1, 0.15) is 5.56 Å². The molecule has 0 saturated carbocycles. The number of para-hydroxylation sites is 1.